The van der Waals surface area contributed by atoms with Crippen molar-refractivity contribution < 1.29 is 9.18 Å². The van der Waals surface area contributed by atoms with E-state index in [1.54, 1.807) is 0 Å². The molecule has 4 nitrogen and oxygen atoms in total. The second kappa shape index (κ2) is 4.48. The van der Waals surface area contributed by atoms with E-state index >= 15 is 0 Å². The van der Waals surface area contributed by atoms with Crippen LogP contribution in [0.2, 0.25) is 0 Å². The number of aromatic nitrogens is 2. The molecule has 2 rings (SSSR count). The first-order valence-corrected chi connectivity index (χ1v) is 4.58. The smallest absolute Gasteiger partial charge is 0.152 e. The van der Waals surface area contributed by atoms with Crippen LogP contribution in [0.15, 0.2) is 36.8 Å². The summed E-state index contributed by atoms with van der Waals surface area (Å²) < 4.78 is 13.5. The summed E-state index contributed by atoms with van der Waals surface area (Å²) in [6.45, 7) is 0. The lowest BCUT2D eigenvalue weighted by molar-refractivity contribution is 0.112. The minimum absolute atomic E-state index is 0.109. The zero-order chi connectivity index (χ0) is 11.4. The average Bonchev–Trinajstić information content (AvgIpc) is 2.33. The monoisotopic (exact) mass is 217 g/mol. The Morgan fingerprint density at radius 3 is 2.88 bits per heavy atom. The van der Waals surface area contributed by atoms with Crippen molar-refractivity contribution >= 4 is 17.8 Å². The number of rotatable bonds is 3. The average molecular weight is 217 g/mol. The van der Waals surface area contributed by atoms with E-state index in [0.717, 1.165) is 0 Å². The molecule has 1 aromatic heterocycles. The summed E-state index contributed by atoms with van der Waals surface area (Å²) in [6.07, 6.45) is 5.01. The number of carbonyl (C=O) groups excluding carboxylic acids is 1. The molecule has 0 bridgehead atoms. The molecule has 5 heteroatoms. The van der Waals surface area contributed by atoms with Gasteiger partial charge in [0.1, 0.15) is 11.6 Å². The van der Waals surface area contributed by atoms with Gasteiger partial charge in [0.25, 0.3) is 0 Å². The molecule has 0 unspecified atom stereocenters. The second-order valence-electron chi connectivity index (χ2n) is 3.04. The summed E-state index contributed by atoms with van der Waals surface area (Å²) in [5.41, 5.74) is 0.351. The highest BCUT2D eigenvalue weighted by molar-refractivity contribution is 5.85. The van der Waals surface area contributed by atoms with E-state index in [1.807, 2.05) is 0 Å². The summed E-state index contributed by atoms with van der Waals surface area (Å²) >= 11 is 0. The molecule has 0 aliphatic rings. The standard InChI is InChI=1S/C11H8FN3O/c12-9-3-1-2-8(7-16)11(9)15-10-6-13-4-5-14-10/h1-7H,(H,14,15). The summed E-state index contributed by atoms with van der Waals surface area (Å²) in [7, 11) is 0. The molecule has 1 heterocycles. The van der Waals surface area contributed by atoms with Crippen LogP contribution in [0.5, 0.6) is 0 Å². The quantitative estimate of drug-likeness (QED) is 0.800. The predicted molar refractivity (Wildman–Crippen MR) is 57.1 cm³/mol. The Bertz CT molecular complexity index is 502. The predicted octanol–water partition coefficient (Wildman–Crippen LogP) is 2.17. The van der Waals surface area contributed by atoms with E-state index in [2.05, 4.69) is 15.3 Å². The number of nitrogens with zero attached hydrogens (tertiary/aromatic N) is 2. The lowest BCUT2D eigenvalue weighted by Gasteiger charge is -2.07. The SMILES string of the molecule is O=Cc1cccc(F)c1Nc1cnccn1. The molecule has 0 spiro atoms. The highest BCUT2D eigenvalue weighted by atomic mass is 19.1. The molecule has 2 aromatic rings. The molecule has 0 saturated carbocycles. The van der Waals surface area contributed by atoms with Gasteiger partial charge in [0.15, 0.2) is 6.29 Å². The third-order valence-electron chi connectivity index (χ3n) is 1.99. The van der Waals surface area contributed by atoms with Crippen LogP contribution in [0.25, 0.3) is 0 Å². The minimum Gasteiger partial charge on any atom is -0.336 e. The maximum Gasteiger partial charge on any atom is 0.152 e. The number of para-hydroxylation sites is 1. The van der Waals surface area contributed by atoms with Crippen LogP contribution in [0, 0.1) is 5.82 Å². The van der Waals surface area contributed by atoms with Crippen molar-refractivity contribution in [3.63, 3.8) is 0 Å². The number of carbonyl (C=O) groups is 1. The zero-order valence-electron chi connectivity index (χ0n) is 8.22. The number of halogens is 1. The van der Waals surface area contributed by atoms with Gasteiger partial charge in [-0.25, -0.2) is 9.37 Å². The van der Waals surface area contributed by atoms with Crippen LogP contribution in [0.3, 0.4) is 0 Å². The number of benzene rings is 1. The molecule has 0 fully saturated rings. The first-order valence-electron chi connectivity index (χ1n) is 4.58. The minimum atomic E-state index is -0.504. The highest BCUT2D eigenvalue weighted by Gasteiger charge is 2.08. The third-order valence-corrected chi connectivity index (χ3v) is 1.99. The molecule has 0 aliphatic carbocycles. The first-order chi connectivity index (χ1) is 7.81. The van der Waals surface area contributed by atoms with Gasteiger partial charge in [-0.15, -0.1) is 0 Å². The van der Waals surface area contributed by atoms with Crippen molar-refractivity contribution in [2.75, 3.05) is 5.32 Å². The van der Waals surface area contributed by atoms with Gasteiger partial charge in [-0.05, 0) is 12.1 Å². The van der Waals surface area contributed by atoms with Crippen molar-refractivity contribution in [3.05, 3.63) is 48.2 Å². The molecule has 0 atom stereocenters. The van der Waals surface area contributed by atoms with Crippen LogP contribution in [-0.4, -0.2) is 16.3 Å². The van der Waals surface area contributed by atoms with Gasteiger partial charge < -0.3 is 5.32 Å². The topological polar surface area (TPSA) is 54.9 Å². The maximum absolute atomic E-state index is 13.5. The molecule has 0 aliphatic heterocycles. The summed E-state index contributed by atoms with van der Waals surface area (Å²) in [5.74, 6) is -0.119. The molecule has 0 amide bonds. The number of aldehydes is 1. The summed E-state index contributed by atoms with van der Waals surface area (Å²) in [6, 6.07) is 4.27. The Balaban J connectivity index is 2.38. The van der Waals surface area contributed by atoms with Crippen LogP contribution < -0.4 is 5.32 Å². The van der Waals surface area contributed by atoms with Gasteiger partial charge in [0.2, 0.25) is 0 Å². The maximum atomic E-state index is 13.5. The number of hydrogen-bond donors (Lipinski definition) is 1. The van der Waals surface area contributed by atoms with Gasteiger partial charge in [0, 0.05) is 18.0 Å². The fourth-order valence-electron chi connectivity index (χ4n) is 1.26. The van der Waals surface area contributed by atoms with E-state index < -0.39 is 5.82 Å². The van der Waals surface area contributed by atoms with E-state index in [-0.39, 0.29) is 11.3 Å². The molecule has 1 N–H and O–H groups in total. The number of hydrogen-bond acceptors (Lipinski definition) is 4. The second-order valence-corrected chi connectivity index (χ2v) is 3.04. The molecule has 1 aromatic carbocycles. The van der Waals surface area contributed by atoms with Crippen LogP contribution in [-0.2, 0) is 0 Å². The molecular weight excluding hydrogens is 209 g/mol. The fourth-order valence-corrected chi connectivity index (χ4v) is 1.26. The lowest BCUT2D eigenvalue weighted by atomic mass is 10.2. The van der Waals surface area contributed by atoms with Crippen molar-refractivity contribution in [1.29, 1.82) is 0 Å². The summed E-state index contributed by atoms with van der Waals surface area (Å²) in [4.78, 5) is 18.5. The van der Waals surface area contributed by atoms with E-state index in [4.69, 9.17) is 0 Å². The van der Waals surface area contributed by atoms with E-state index in [1.165, 1.54) is 36.8 Å². The highest BCUT2D eigenvalue weighted by Crippen LogP contribution is 2.21. The van der Waals surface area contributed by atoms with Crippen molar-refractivity contribution in [2.45, 2.75) is 0 Å². The first kappa shape index (κ1) is 10.2. The molecule has 0 saturated heterocycles. The molecule has 80 valence electrons. The lowest BCUT2D eigenvalue weighted by Crippen LogP contribution is -2.00. The summed E-state index contributed by atoms with van der Waals surface area (Å²) in [5, 5.41) is 2.71. The fraction of sp³-hybridized carbons (Fsp3) is 0. The van der Waals surface area contributed by atoms with Crippen molar-refractivity contribution in [1.82, 2.24) is 9.97 Å². The normalized spacial score (nSPS) is 9.81. The third kappa shape index (κ3) is 2.03. The van der Waals surface area contributed by atoms with Crippen molar-refractivity contribution in [3.8, 4) is 0 Å². The molecule has 0 radical (unpaired) electrons. The van der Waals surface area contributed by atoms with Crippen LogP contribution in [0.1, 0.15) is 10.4 Å². The Kier molecular flexibility index (Phi) is 2.86. The number of anilines is 2. The van der Waals surface area contributed by atoms with Gasteiger partial charge in [-0.2, -0.15) is 0 Å². The zero-order valence-corrected chi connectivity index (χ0v) is 8.22. The van der Waals surface area contributed by atoms with Crippen molar-refractivity contribution in [2.24, 2.45) is 0 Å². The Labute approximate surface area is 91.2 Å². The molecular formula is C11H8FN3O. The van der Waals surface area contributed by atoms with Gasteiger partial charge in [-0.3, -0.25) is 9.78 Å². The van der Waals surface area contributed by atoms with E-state index in [0.29, 0.717) is 12.1 Å². The largest absolute Gasteiger partial charge is 0.336 e. The Morgan fingerprint density at radius 1 is 1.31 bits per heavy atom. The van der Waals surface area contributed by atoms with Gasteiger partial charge in [-0.1, -0.05) is 6.07 Å². The van der Waals surface area contributed by atoms with Crippen LogP contribution in [0.4, 0.5) is 15.9 Å². The Morgan fingerprint density at radius 2 is 2.19 bits per heavy atom. The van der Waals surface area contributed by atoms with Gasteiger partial charge in [0.05, 0.1) is 11.9 Å². The van der Waals surface area contributed by atoms with Gasteiger partial charge >= 0.3 is 0 Å². The number of nitrogens with one attached hydrogen (secondary N) is 1. The van der Waals surface area contributed by atoms with E-state index in [9.17, 15) is 9.18 Å². The Hall–Kier alpha value is -2.30. The molecule has 16 heavy (non-hydrogen) atoms. The van der Waals surface area contributed by atoms with Crippen LogP contribution >= 0.6 is 0 Å².